The third-order valence-corrected chi connectivity index (χ3v) is 4.20. The van der Waals surface area contributed by atoms with E-state index in [-0.39, 0.29) is 11.0 Å². The van der Waals surface area contributed by atoms with Crippen molar-refractivity contribution < 1.29 is 9.90 Å². The van der Waals surface area contributed by atoms with Crippen molar-refractivity contribution in [1.82, 2.24) is 0 Å². The molecule has 114 valence electrons. The molecule has 1 N–H and O–H groups in total. The van der Waals surface area contributed by atoms with Gasteiger partial charge in [-0.1, -0.05) is 43.4 Å². The molecule has 0 radical (unpaired) electrons. The van der Waals surface area contributed by atoms with E-state index in [1.807, 2.05) is 12.1 Å². The van der Waals surface area contributed by atoms with Gasteiger partial charge in [0.2, 0.25) is 0 Å². The van der Waals surface area contributed by atoms with Crippen LogP contribution in [0.25, 0.3) is 0 Å². The first-order valence-electron chi connectivity index (χ1n) is 7.62. The Morgan fingerprint density at radius 1 is 1.36 bits per heavy atom. The van der Waals surface area contributed by atoms with E-state index in [0.717, 1.165) is 12.0 Å². The third-order valence-electron chi connectivity index (χ3n) is 4.20. The van der Waals surface area contributed by atoms with Gasteiger partial charge in [-0.05, 0) is 61.4 Å². The monoisotopic (exact) mass is 294 g/mol. The Bertz CT molecular complexity index is 694. The summed E-state index contributed by atoms with van der Waals surface area (Å²) in [6, 6.07) is 6.71. The van der Waals surface area contributed by atoms with E-state index in [2.05, 4.69) is 38.7 Å². The SMILES string of the molecule is CC1=C(/C=C/C#Cc2cccc(C(=O)O)c2)C(C)(C)CCC1. The van der Waals surface area contributed by atoms with Crippen LogP contribution in [-0.4, -0.2) is 11.1 Å². The molecule has 22 heavy (non-hydrogen) atoms. The number of rotatable bonds is 2. The first-order chi connectivity index (χ1) is 10.4. The van der Waals surface area contributed by atoms with Crippen LogP contribution in [0.1, 0.15) is 56.0 Å². The molecular formula is C20H22O2. The molecule has 0 saturated carbocycles. The fraction of sp³-hybridized carbons (Fsp3) is 0.350. The maximum Gasteiger partial charge on any atom is 0.335 e. The maximum atomic E-state index is 10.9. The Morgan fingerprint density at radius 2 is 2.14 bits per heavy atom. The van der Waals surface area contributed by atoms with Crippen LogP contribution in [-0.2, 0) is 0 Å². The fourth-order valence-electron chi connectivity index (χ4n) is 2.99. The van der Waals surface area contributed by atoms with Crippen LogP contribution in [0.4, 0.5) is 0 Å². The summed E-state index contributed by atoms with van der Waals surface area (Å²) in [7, 11) is 0. The molecule has 1 aliphatic carbocycles. The number of hydrogen-bond donors (Lipinski definition) is 1. The maximum absolute atomic E-state index is 10.9. The number of carboxylic acids is 1. The molecule has 2 rings (SSSR count). The van der Waals surface area contributed by atoms with Gasteiger partial charge in [-0.3, -0.25) is 0 Å². The molecule has 0 aromatic heterocycles. The molecule has 0 spiro atoms. The quantitative estimate of drug-likeness (QED) is 0.794. The van der Waals surface area contributed by atoms with Gasteiger partial charge in [-0.2, -0.15) is 0 Å². The normalized spacial score (nSPS) is 17.2. The van der Waals surface area contributed by atoms with E-state index in [1.165, 1.54) is 24.0 Å². The zero-order valence-corrected chi connectivity index (χ0v) is 13.4. The third kappa shape index (κ3) is 3.89. The largest absolute Gasteiger partial charge is 0.478 e. The molecule has 0 atom stereocenters. The highest BCUT2D eigenvalue weighted by atomic mass is 16.4. The summed E-state index contributed by atoms with van der Waals surface area (Å²) in [5, 5.41) is 8.97. The van der Waals surface area contributed by atoms with Gasteiger partial charge in [-0.25, -0.2) is 4.79 Å². The highest BCUT2D eigenvalue weighted by Gasteiger charge is 2.26. The Morgan fingerprint density at radius 3 is 2.82 bits per heavy atom. The summed E-state index contributed by atoms with van der Waals surface area (Å²) >= 11 is 0. The summed E-state index contributed by atoms with van der Waals surface area (Å²) in [6.07, 6.45) is 7.61. The molecule has 1 aromatic carbocycles. The lowest BCUT2D eigenvalue weighted by atomic mass is 9.73. The molecule has 1 aliphatic rings. The lowest BCUT2D eigenvalue weighted by molar-refractivity contribution is 0.0697. The molecule has 0 unspecified atom stereocenters. The molecule has 0 amide bonds. The second-order valence-corrected chi connectivity index (χ2v) is 6.42. The Labute approximate surface area is 132 Å². The van der Waals surface area contributed by atoms with E-state index >= 15 is 0 Å². The molecule has 2 heteroatoms. The van der Waals surface area contributed by atoms with Crippen molar-refractivity contribution in [3.63, 3.8) is 0 Å². The van der Waals surface area contributed by atoms with Gasteiger partial charge in [0.05, 0.1) is 5.56 Å². The Hall–Kier alpha value is -2.27. The van der Waals surface area contributed by atoms with Gasteiger partial charge < -0.3 is 5.11 Å². The highest BCUT2D eigenvalue weighted by molar-refractivity contribution is 5.88. The number of carboxylic acid groups (broad SMARTS) is 1. The number of hydrogen-bond acceptors (Lipinski definition) is 1. The average Bonchev–Trinajstić information content (AvgIpc) is 2.45. The smallest absolute Gasteiger partial charge is 0.335 e. The second-order valence-electron chi connectivity index (χ2n) is 6.42. The van der Waals surface area contributed by atoms with Crippen LogP contribution in [0.5, 0.6) is 0 Å². The number of aromatic carboxylic acids is 1. The van der Waals surface area contributed by atoms with Crippen LogP contribution in [0, 0.1) is 17.3 Å². The van der Waals surface area contributed by atoms with Crippen molar-refractivity contribution >= 4 is 5.97 Å². The van der Waals surface area contributed by atoms with Crippen molar-refractivity contribution in [2.45, 2.75) is 40.0 Å². The van der Waals surface area contributed by atoms with Crippen molar-refractivity contribution in [2.75, 3.05) is 0 Å². The van der Waals surface area contributed by atoms with E-state index < -0.39 is 5.97 Å². The molecule has 1 aromatic rings. The molecule has 2 nitrogen and oxygen atoms in total. The molecular weight excluding hydrogens is 272 g/mol. The van der Waals surface area contributed by atoms with Gasteiger partial charge in [-0.15, -0.1) is 0 Å². The van der Waals surface area contributed by atoms with Gasteiger partial charge >= 0.3 is 5.97 Å². The summed E-state index contributed by atoms with van der Waals surface area (Å²) in [5.41, 5.74) is 4.03. The number of allylic oxidation sites excluding steroid dienone is 4. The van der Waals surface area contributed by atoms with Crippen molar-refractivity contribution in [1.29, 1.82) is 0 Å². The number of carbonyl (C=O) groups is 1. The predicted octanol–water partition coefficient (Wildman–Crippen LogP) is 4.82. The Kier molecular flexibility index (Phi) is 4.88. The van der Waals surface area contributed by atoms with Crippen LogP contribution in [0.2, 0.25) is 0 Å². The molecule has 0 saturated heterocycles. The van der Waals surface area contributed by atoms with Crippen LogP contribution < -0.4 is 0 Å². The van der Waals surface area contributed by atoms with Crippen molar-refractivity contribution in [2.24, 2.45) is 5.41 Å². The second kappa shape index (κ2) is 6.66. The van der Waals surface area contributed by atoms with Gasteiger partial charge in [0, 0.05) is 5.56 Å². The van der Waals surface area contributed by atoms with Crippen molar-refractivity contribution in [3.05, 3.63) is 58.7 Å². The standard InChI is InChI=1S/C20H22O2/c1-15-8-7-13-20(2,3)18(15)12-5-4-9-16-10-6-11-17(14-16)19(21)22/h5-6,10-12,14H,7-8,13H2,1-3H3,(H,21,22)/b12-5+. The van der Waals surface area contributed by atoms with Gasteiger partial charge in [0.25, 0.3) is 0 Å². The lowest BCUT2D eigenvalue weighted by Gasteiger charge is -2.32. The zero-order chi connectivity index (χ0) is 16.2. The fourth-order valence-corrected chi connectivity index (χ4v) is 2.99. The lowest BCUT2D eigenvalue weighted by Crippen LogP contribution is -2.18. The zero-order valence-electron chi connectivity index (χ0n) is 13.4. The Balaban J connectivity index is 2.17. The van der Waals surface area contributed by atoms with E-state index in [4.69, 9.17) is 5.11 Å². The first kappa shape index (κ1) is 16.1. The topological polar surface area (TPSA) is 37.3 Å². The molecule has 0 aliphatic heterocycles. The molecule has 0 bridgehead atoms. The number of benzene rings is 1. The minimum absolute atomic E-state index is 0.212. The summed E-state index contributed by atoms with van der Waals surface area (Å²) < 4.78 is 0. The van der Waals surface area contributed by atoms with E-state index in [9.17, 15) is 4.79 Å². The van der Waals surface area contributed by atoms with Crippen LogP contribution in [0.15, 0.2) is 47.6 Å². The van der Waals surface area contributed by atoms with Gasteiger partial charge in [0.1, 0.15) is 0 Å². The van der Waals surface area contributed by atoms with Gasteiger partial charge in [0.15, 0.2) is 0 Å². The predicted molar refractivity (Wildman–Crippen MR) is 89.8 cm³/mol. The summed E-state index contributed by atoms with van der Waals surface area (Å²) in [4.78, 5) is 10.9. The molecule has 0 heterocycles. The summed E-state index contributed by atoms with van der Waals surface area (Å²) in [5.74, 6) is 5.09. The van der Waals surface area contributed by atoms with E-state index in [0.29, 0.717) is 0 Å². The minimum atomic E-state index is -0.927. The highest BCUT2D eigenvalue weighted by Crippen LogP contribution is 2.40. The first-order valence-corrected chi connectivity index (χ1v) is 7.62. The summed E-state index contributed by atoms with van der Waals surface area (Å²) in [6.45, 7) is 6.75. The van der Waals surface area contributed by atoms with Crippen molar-refractivity contribution in [3.8, 4) is 11.8 Å². The van der Waals surface area contributed by atoms with E-state index in [1.54, 1.807) is 18.2 Å². The minimum Gasteiger partial charge on any atom is -0.478 e. The molecule has 0 fully saturated rings. The van der Waals surface area contributed by atoms with Crippen LogP contribution >= 0.6 is 0 Å². The van der Waals surface area contributed by atoms with Crippen LogP contribution in [0.3, 0.4) is 0 Å². The average molecular weight is 294 g/mol.